The topological polar surface area (TPSA) is 82.8 Å². The third-order valence-electron chi connectivity index (χ3n) is 3.88. The summed E-state index contributed by atoms with van der Waals surface area (Å²) in [5, 5.41) is 0. The Hall–Kier alpha value is -3.12. The largest absolute Gasteiger partial charge is 0.368 e. The summed E-state index contributed by atoms with van der Waals surface area (Å²) in [4.78, 5) is 17.6. The van der Waals surface area contributed by atoms with E-state index in [0.29, 0.717) is 17.9 Å². The van der Waals surface area contributed by atoms with E-state index in [0.717, 1.165) is 19.4 Å². The molecule has 0 amide bonds. The SMILES string of the molecule is NC1=NC(C=O)=C(CN(Cc2ccccc2)Cc2ccccc2)NN1. The second-order valence-corrected chi connectivity index (χ2v) is 5.85. The van der Waals surface area contributed by atoms with Crippen LogP contribution < -0.4 is 16.6 Å². The molecule has 0 spiro atoms. The van der Waals surface area contributed by atoms with Crippen molar-refractivity contribution in [3.63, 3.8) is 0 Å². The predicted molar refractivity (Wildman–Crippen MR) is 98.0 cm³/mol. The standard InChI is InChI=1S/C19H21N5O/c20-19-21-18(14-25)17(22-23-19)13-24(11-15-7-3-1-4-8-15)12-16-9-5-2-6-10-16/h1-10,14,22H,11-13H2,(H3,20,21,23). The number of hydrazine groups is 1. The Bertz CT molecular complexity index is 729. The third-order valence-corrected chi connectivity index (χ3v) is 3.88. The first-order valence-corrected chi connectivity index (χ1v) is 8.09. The van der Waals surface area contributed by atoms with Gasteiger partial charge in [0.05, 0.1) is 5.70 Å². The lowest BCUT2D eigenvalue weighted by Gasteiger charge is -2.26. The maximum Gasteiger partial charge on any atom is 0.213 e. The van der Waals surface area contributed by atoms with Gasteiger partial charge in [-0.2, -0.15) is 0 Å². The fourth-order valence-electron chi connectivity index (χ4n) is 2.72. The van der Waals surface area contributed by atoms with Gasteiger partial charge in [0.25, 0.3) is 0 Å². The lowest BCUT2D eigenvalue weighted by molar-refractivity contribution is -0.105. The van der Waals surface area contributed by atoms with Gasteiger partial charge < -0.3 is 5.73 Å². The molecule has 2 aromatic rings. The highest BCUT2D eigenvalue weighted by Crippen LogP contribution is 2.13. The van der Waals surface area contributed by atoms with Crippen LogP contribution in [0.15, 0.2) is 77.1 Å². The van der Waals surface area contributed by atoms with Crippen LogP contribution in [-0.4, -0.2) is 23.7 Å². The fourth-order valence-corrected chi connectivity index (χ4v) is 2.72. The van der Waals surface area contributed by atoms with E-state index in [1.807, 2.05) is 36.4 Å². The molecule has 0 radical (unpaired) electrons. The van der Waals surface area contributed by atoms with Crippen LogP contribution in [0.5, 0.6) is 0 Å². The molecular formula is C19H21N5O. The molecule has 0 unspecified atom stereocenters. The average molecular weight is 335 g/mol. The Morgan fingerprint density at radius 3 is 1.96 bits per heavy atom. The molecule has 1 aliphatic heterocycles. The third kappa shape index (κ3) is 4.68. The number of aldehydes is 1. The molecule has 4 N–H and O–H groups in total. The van der Waals surface area contributed by atoms with Crippen LogP contribution in [0.2, 0.25) is 0 Å². The molecule has 0 aliphatic carbocycles. The van der Waals surface area contributed by atoms with Gasteiger partial charge in [-0.25, -0.2) is 4.99 Å². The summed E-state index contributed by atoms with van der Waals surface area (Å²) < 4.78 is 0. The molecule has 25 heavy (non-hydrogen) atoms. The minimum Gasteiger partial charge on any atom is -0.368 e. The predicted octanol–water partition coefficient (Wildman–Crippen LogP) is 1.52. The number of carbonyl (C=O) groups excluding carboxylic acids is 1. The quantitative estimate of drug-likeness (QED) is 0.668. The van der Waals surface area contributed by atoms with E-state index in [9.17, 15) is 4.79 Å². The van der Waals surface area contributed by atoms with Crippen molar-refractivity contribution in [1.82, 2.24) is 15.8 Å². The summed E-state index contributed by atoms with van der Waals surface area (Å²) in [7, 11) is 0. The number of aliphatic imine (C=N–C) groups is 1. The minimum absolute atomic E-state index is 0.184. The van der Waals surface area contributed by atoms with Crippen LogP contribution in [0.4, 0.5) is 0 Å². The Labute approximate surface area is 147 Å². The zero-order chi connectivity index (χ0) is 17.5. The molecule has 6 heteroatoms. The summed E-state index contributed by atoms with van der Waals surface area (Å²) >= 11 is 0. The number of benzene rings is 2. The molecule has 3 rings (SSSR count). The second kappa shape index (κ2) is 8.12. The molecule has 1 heterocycles. The van der Waals surface area contributed by atoms with E-state index in [2.05, 4.69) is 45.0 Å². The van der Waals surface area contributed by atoms with Crippen molar-refractivity contribution in [1.29, 1.82) is 0 Å². The molecule has 0 aromatic heterocycles. The van der Waals surface area contributed by atoms with Gasteiger partial charge in [-0.15, -0.1) is 0 Å². The van der Waals surface area contributed by atoms with Crippen molar-refractivity contribution in [3.05, 3.63) is 83.2 Å². The highest BCUT2D eigenvalue weighted by Gasteiger charge is 2.16. The number of nitrogens with two attached hydrogens (primary N) is 1. The van der Waals surface area contributed by atoms with Crippen molar-refractivity contribution in [3.8, 4) is 0 Å². The summed E-state index contributed by atoms with van der Waals surface area (Å²) in [6.45, 7) is 2.06. The molecule has 0 saturated carbocycles. The van der Waals surface area contributed by atoms with Crippen LogP contribution in [0.3, 0.4) is 0 Å². The summed E-state index contributed by atoms with van der Waals surface area (Å²) in [5.74, 6) is 0.184. The van der Waals surface area contributed by atoms with Crippen LogP contribution in [0.1, 0.15) is 11.1 Å². The van der Waals surface area contributed by atoms with E-state index in [1.165, 1.54) is 11.1 Å². The van der Waals surface area contributed by atoms with Gasteiger partial charge in [0.15, 0.2) is 6.29 Å². The summed E-state index contributed by atoms with van der Waals surface area (Å²) in [6.07, 6.45) is 0.721. The maximum absolute atomic E-state index is 11.3. The van der Waals surface area contributed by atoms with E-state index in [-0.39, 0.29) is 5.96 Å². The van der Waals surface area contributed by atoms with Crippen molar-refractivity contribution in [2.45, 2.75) is 13.1 Å². The van der Waals surface area contributed by atoms with Gasteiger partial charge in [0.1, 0.15) is 5.70 Å². The van der Waals surface area contributed by atoms with Crippen molar-refractivity contribution < 1.29 is 4.79 Å². The van der Waals surface area contributed by atoms with E-state index in [1.54, 1.807) is 0 Å². The zero-order valence-corrected chi connectivity index (χ0v) is 13.9. The van der Waals surface area contributed by atoms with E-state index >= 15 is 0 Å². The Morgan fingerprint density at radius 2 is 1.44 bits per heavy atom. The number of nitrogens with zero attached hydrogens (tertiary/aromatic N) is 2. The van der Waals surface area contributed by atoms with Gasteiger partial charge in [0, 0.05) is 19.6 Å². The first-order valence-electron chi connectivity index (χ1n) is 8.09. The summed E-state index contributed by atoms with van der Waals surface area (Å²) in [5.41, 5.74) is 14.8. The first kappa shape index (κ1) is 16.7. The molecule has 0 atom stereocenters. The number of hydrogen-bond acceptors (Lipinski definition) is 6. The molecule has 0 bridgehead atoms. The molecule has 0 saturated heterocycles. The zero-order valence-electron chi connectivity index (χ0n) is 13.9. The maximum atomic E-state index is 11.3. The van der Waals surface area contributed by atoms with Gasteiger partial charge in [0.2, 0.25) is 5.96 Å². The number of carbonyl (C=O) groups is 1. The van der Waals surface area contributed by atoms with Gasteiger partial charge >= 0.3 is 0 Å². The van der Waals surface area contributed by atoms with Gasteiger partial charge in [-0.05, 0) is 11.1 Å². The average Bonchev–Trinajstić information content (AvgIpc) is 2.65. The van der Waals surface area contributed by atoms with Crippen LogP contribution in [-0.2, 0) is 17.9 Å². The smallest absolute Gasteiger partial charge is 0.213 e. The second-order valence-electron chi connectivity index (χ2n) is 5.85. The van der Waals surface area contributed by atoms with E-state index in [4.69, 9.17) is 5.73 Å². The molecule has 6 nitrogen and oxygen atoms in total. The molecule has 1 aliphatic rings. The Morgan fingerprint density at radius 1 is 0.880 bits per heavy atom. The van der Waals surface area contributed by atoms with Crippen LogP contribution in [0.25, 0.3) is 0 Å². The first-order chi connectivity index (χ1) is 12.2. The minimum atomic E-state index is 0.184. The highest BCUT2D eigenvalue weighted by molar-refractivity contribution is 5.86. The number of rotatable bonds is 7. The number of guanidine groups is 1. The molecule has 2 aromatic carbocycles. The highest BCUT2D eigenvalue weighted by atomic mass is 16.1. The number of hydrogen-bond donors (Lipinski definition) is 3. The van der Waals surface area contributed by atoms with Crippen molar-refractivity contribution in [2.75, 3.05) is 6.54 Å². The lowest BCUT2D eigenvalue weighted by Crippen LogP contribution is -2.47. The summed E-state index contributed by atoms with van der Waals surface area (Å²) in [6, 6.07) is 20.5. The molecular weight excluding hydrogens is 314 g/mol. The molecule has 0 fully saturated rings. The molecule has 128 valence electrons. The van der Waals surface area contributed by atoms with E-state index < -0.39 is 0 Å². The lowest BCUT2D eigenvalue weighted by atomic mass is 10.1. The van der Waals surface area contributed by atoms with Crippen LogP contribution >= 0.6 is 0 Å². The van der Waals surface area contributed by atoms with Crippen molar-refractivity contribution >= 4 is 12.2 Å². The van der Waals surface area contributed by atoms with Crippen molar-refractivity contribution in [2.24, 2.45) is 10.7 Å². The fraction of sp³-hybridized carbons (Fsp3) is 0.158. The Kier molecular flexibility index (Phi) is 5.43. The number of nitrogens with one attached hydrogen (secondary N) is 2. The monoisotopic (exact) mass is 335 g/mol. The van der Waals surface area contributed by atoms with Crippen LogP contribution in [0, 0.1) is 0 Å². The van der Waals surface area contributed by atoms with Gasteiger partial charge in [-0.1, -0.05) is 60.7 Å². The number of allylic oxidation sites excluding steroid dienone is 1. The Balaban J connectivity index is 1.81. The normalized spacial score (nSPS) is 13.9. The van der Waals surface area contributed by atoms with Gasteiger partial charge in [-0.3, -0.25) is 20.5 Å².